The predicted molar refractivity (Wildman–Crippen MR) is 88.7 cm³/mol. The molecule has 6 nitrogen and oxygen atoms in total. The number of carbonyl (C=O) groups excluding carboxylic acids is 3. The minimum Gasteiger partial charge on any atom is -0.550 e. The molecule has 1 heterocycles. The van der Waals surface area contributed by atoms with E-state index in [9.17, 15) is 19.5 Å². The molecule has 2 rings (SSSR count). The quantitative estimate of drug-likeness (QED) is 0.846. The number of carboxylic acids is 1. The van der Waals surface area contributed by atoms with Crippen molar-refractivity contribution in [2.24, 2.45) is 0 Å². The van der Waals surface area contributed by atoms with Gasteiger partial charge in [0, 0.05) is 31.2 Å². The molecule has 1 N–H and O–H groups in total. The molecule has 0 aliphatic carbocycles. The fourth-order valence-electron chi connectivity index (χ4n) is 2.65. The first-order valence-corrected chi connectivity index (χ1v) is 8.43. The van der Waals surface area contributed by atoms with Gasteiger partial charge >= 0.3 is 0 Å². The first kappa shape index (κ1) is 18.3. The average molecular weight is 352 g/mol. The number of hydrogen-bond donors (Lipinski definition) is 1. The van der Waals surface area contributed by atoms with Crippen LogP contribution in [0.3, 0.4) is 0 Å². The summed E-state index contributed by atoms with van der Waals surface area (Å²) in [5.41, 5.74) is 0.905. The summed E-state index contributed by atoms with van der Waals surface area (Å²) in [5.74, 6) is -1.57. The minimum absolute atomic E-state index is 0.0834. The van der Waals surface area contributed by atoms with Crippen molar-refractivity contribution in [1.29, 1.82) is 0 Å². The molecule has 0 radical (unpaired) electrons. The van der Waals surface area contributed by atoms with E-state index in [4.69, 9.17) is 11.6 Å². The van der Waals surface area contributed by atoms with E-state index in [-0.39, 0.29) is 36.1 Å². The van der Waals surface area contributed by atoms with Crippen molar-refractivity contribution in [3.8, 4) is 0 Å². The number of aliphatic carboxylic acids is 1. The maximum absolute atomic E-state index is 12.5. The fourth-order valence-corrected chi connectivity index (χ4v) is 2.91. The van der Waals surface area contributed by atoms with Gasteiger partial charge in [0.15, 0.2) is 0 Å². The van der Waals surface area contributed by atoms with Crippen LogP contribution in [0.2, 0.25) is 5.02 Å². The molecular weight excluding hydrogens is 332 g/mol. The van der Waals surface area contributed by atoms with E-state index in [1.807, 2.05) is 0 Å². The largest absolute Gasteiger partial charge is 0.550 e. The molecular formula is C17H20ClN2O4-. The Morgan fingerprint density at radius 2 is 1.83 bits per heavy atom. The van der Waals surface area contributed by atoms with Crippen LogP contribution in [0.4, 0.5) is 5.69 Å². The molecule has 7 heteroatoms. The topological polar surface area (TPSA) is 89.5 Å². The highest BCUT2D eigenvalue weighted by atomic mass is 35.5. The number of hydrogen-bond acceptors (Lipinski definition) is 4. The van der Waals surface area contributed by atoms with Crippen molar-refractivity contribution in [1.82, 2.24) is 4.90 Å². The van der Waals surface area contributed by atoms with Crippen molar-refractivity contribution in [2.75, 3.05) is 18.4 Å². The average Bonchev–Trinajstić information content (AvgIpc) is 2.55. The van der Waals surface area contributed by atoms with Crippen LogP contribution in [-0.4, -0.2) is 35.8 Å². The van der Waals surface area contributed by atoms with Gasteiger partial charge in [0.1, 0.15) is 0 Å². The molecule has 1 aliphatic heterocycles. The molecule has 1 aromatic rings. The second-order valence-corrected chi connectivity index (χ2v) is 6.23. The first-order chi connectivity index (χ1) is 11.5. The Balaban J connectivity index is 1.94. The normalized spacial score (nSPS) is 14.3. The lowest BCUT2D eigenvalue weighted by Gasteiger charge is -2.27. The summed E-state index contributed by atoms with van der Waals surface area (Å²) in [6.07, 6.45) is 3.29. The number of rotatable bonds is 6. The van der Waals surface area contributed by atoms with Crippen LogP contribution in [-0.2, 0) is 9.59 Å². The standard InChI is InChI=1S/C17H21ClN2O4/c18-14-11-12(19-15(21)5-4-6-16(22)23)7-8-13(14)17(24)20-9-2-1-3-10-20/h7-8,11H,1-6,9-10H2,(H,19,21)(H,22,23)/p-1. The minimum atomic E-state index is -1.17. The van der Waals surface area contributed by atoms with Gasteiger partial charge in [-0.2, -0.15) is 0 Å². The van der Waals surface area contributed by atoms with Gasteiger partial charge in [-0.25, -0.2) is 0 Å². The van der Waals surface area contributed by atoms with Gasteiger partial charge in [-0.1, -0.05) is 11.6 Å². The second kappa shape index (κ2) is 8.68. The first-order valence-electron chi connectivity index (χ1n) is 8.06. The summed E-state index contributed by atoms with van der Waals surface area (Å²) in [5, 5.41) is 13.2. The van der Waals surface area contributed by atoms with Crippen molar-refractivity contribution in [2.45, 2.75) is 38.5 Å². The van der Waals surface area contributed by atoms with Crippen LogP contribution in [0.1, 0.15) is 48.9 Å². The number of nitrogens with one attached hydrogen (secondary N) is 1. The highest BCUT2D eigenvalue weighted by Crippen LogP contribution is 2.24. The maximum atomic E-state index is 12.5. The summed E-state index contributed by atoms with van der Waals surface area (Å²) in [6, 6.07) is 4.77. The monoisotopic (exact) mass is 351 g/mol. The molecule has 0 bridgehead atoms. The highest BCUT2D eigenvalue weighted by Gasteiger charge is 2.20. The third-order valence-electron chi connectivity index (χ3n) is 3.91. The lowest BCUT2D eigenvalue weighted by atomic mass is 10.1. The molecule has 0 spiro atoms. The lowest BCUT2D eigenvalue weighted by Crippen LogP contribution is -2.35. The Hall–Kier alpha value is -2.08. The number of nitrogens with zero attached hydrogens (tertiary/aromatic N) is 1. The third kappa shape index (κ3) is 5.23. The number of carboxylic acid groups (broad SMARTS) is 1. The molecule has 0 saturated carbocycles. The van der Waals surface area contributed by atoms with E-state index in [0.717, 1.165) is 32.4 Å². The van der Waals surface area contributed by atoms with Crippen LogP contribution in [0.5, 0.6) is 0 Å². The van der Waals surface area contributed by atoms with Crippen LogP contribution >= 0.6 is 11.6 Å². The van der Waals surface area contributed by atoms with E-state index in [2.05, 4.69) is 5.32 Å². The third-order valence-corrected chi connectivity index (χ3v) is 4.22. The Bertz CT molecular complexity index is 627. The summed E-state index contributed by atoms with van der Waals surface area (Å²) in [7, 11) is 0. The summed E-state index contributed by atoms with van der Waals surface area (Å²) in [6.45, 7) is 1.48. The zero-order valence-corrected chi connectivity index (χ0v) is 14.1. The van der Waals surface area contributed by atoms with E-state index < -0.39 is 5.97 Å². The van der Waals surface area contributed by atoms with Crippen molar-refractivity contribution < 1.29 is 19.5 Å². The number of benzene rings is 1. The summed E-state index contributed by atoms with van der Waals surface area (Å²) in [4.78, 5) is 36.3. The summed E-state index contributed by atoms with van der Waals surface area (Å²) < 4.78 is 0. The number of piperidine rings is 1. The predicted octanol–water partition coefficient (Wildman–Crippen LogP) is 1.82. The van der Waals surface area contributed by atoms with Crippen LogP contribution in [0.15, 0.2) is 18.2 Å². The smallest absolute Gasteiger partial charge is 0.255 e. The maximum Gasteiger partial charge on any atom is 0.255 e. The lowest BCUT2D eigenvalue weighted by molar-refractivity contribution is -0.305. The zero-order chi connectivity index (χ0) is 17.5. The molecule has 0 aromatic heterocycles. The van der Waals surface area contributed by atoms with Gasteiger partial charge in [0.05, 0.1) is 10.6 Å². The Morgan fingerprint density at radius 1 is 1.12 bits per heavy atom. The van der Waals surface area contributed by atoms with Gasteiger partial charge in [0.25, 0.3) is 5.91 Å². The Morgan fingerprint density at radius 3 is 2.46 bits per heavy atom. The zero-order valence-electron chi connectivity index (χ0n) is 13.3. The van der Waals surface area contributed by atoms with E-state index >= 15 is 0 Å². The van der Waals surface area contributed by atoms with Gasteiger partial charge in [-0.3, -0.25) is 9.59 Å². The van der Waals surface area contributed by atoms with Crippen molar-refractivity contribution in [3.05, 3.63) is 28.8 Å². The van der Waals surface area contributed by atoms with Gasteiger partial charge < -0.3 is 20.1 Å². The molecule has 1 saturated heterocycles. The molecule has 130 valence electrons. The highest BCUT2D eigenvalue weighted by molar-refractivity contribution is 6.34. The number of amides is 2. The van der Waals surface area contributed by atoms with Crippen molar-refractivity contribution >= 4 is 35.1 Å². The Labute approximate surface area is 145 Å². The Kier molecular flexibility index (Phi) is 6.61. The van der Waals surface area contributed by atoms with Gasteiger partial charge in [-0.05, 0) is 50.3 Å². The van der Waals surface area contributed by atoms with Crippen molar-refractivity contribution in [3.63, 3.8) is 0 Å². The number of likely N-dealkylation sites (tertiary alicyclic amines) is 1. The van der Waals surface area contributed by atoms with E-state index in [1.165, 1.54) is 6.07 Å². The molecule has 24 heavy (non-hydrogen) atoms. The molecule has 1 aromatic carbocycles. The van der Waals surface area contributed by atoms with E-state index in [1.54, 1.807) is 17.0 Å². The summed E-state index contributed by atoms with van der Waals surface area (Å²) >= 11 is 6.19. The molecule has 2 amide bonds. The second-order valence-electron chi connectivity index (χ2n) is 5.82. The molecule has 0 unspecified atom stereocenters. The van der Waals surface area contributed by atoms with Gasteiger partial charge in [0.2, 0.25) is 5.91 Å². The fraction of sp³-hybridized carbons (Fsp3) is 0.471. The van der Waals surface area contributed by atoms with Crippen LogP contribution < -0.4 is 10.4 Å². The molecule has 1 aliphatic rings. The molecule has 1 fully saturated rings. The van der Waals surface area contributed by atoms with Gasteiger partial charge in [-0.15, -0.1) is 0 Å². The number of halogens is 1. The number of anilines is 1. The van der Waals surface area contributed by atoms with E-state index in [0.29, 0.717) is 11.3 Å². The molecule has 0 atom stereocenters. The number of carbonyl (C=O) groups is 3. The van der Waals surface area contributed by atoms with Crippen LogP contribution in [0.25, 0.3) is 0 Å². The van der Waals surface area contributed by atoms with Crippen LogP contribution in [0, 0.1) is 0 Å². The SMILES string of the molecule is O=C([O-])CCCC(=O)Nc1ccc(C(=O)N2CCCCC2)c(Cl)c1.